The molecule has 1 heterocycles. The number of aryl methyl sites for hydroxylation is 1. The highest BCUT2D eigenvalue weighted by Gasteiger charge is 2.08. The number of fused-ring (bicyclic) bond motifs is 1. The molecule has 3 nitrogen and oxygen atoms in total. The highest BCUT2D eigenvalue weighted by Crippen LogP contribution is 2.28. The number of pyridine rings is 1. The van der Waals surface area contributed by atoms with Crippen molar-refractivity contribution >= 4 is 34.1 Å². The number of rotatable bonds is 3. The molecule has 0 aliphatic carbocycles. The summed E-state index contributed by atoms with van der Waals surface area (Å²) in [6, 6.07) is 15.4. The molecule has 126 valence electrons. The lowest BCUT2D eigenvalue weighted by Crippen LogP contribution is -1.98. The monoisotopic (exact) mass is 362 g/mol. The Kier molecular flexibility index (Phi) is 6.85. The molecule has 3 rings (SSSR count). The van der Waals surface area contributed by atoms with Crippen molar-refractivity contribution in [3.8, 4) is 5.75 Å². The van der Waals surface area contributed by atoms with E-state index in [0.29, 0.717) is 16.7 Å². The average Bonchev–Trinajstić information content (AvgIpc) is 2.57. The molecular formula is C19H20Cl2N2O. The highest BCUT2D eigenvalue weighted by atomic mass is 35.5. The van der Waals surface area contributed by atoms with Crippen LogP contribution in [-0.4, -0.2) is 11.5 Å². The summed E-state index contributed by atoms with van der Waals surface area (Å²) >= 11 is 12.2. The third-order valence-corrected chi connectivity index (χ3v) is 4.10. The van der Waals surface area contributed by atoms with Crippen molar-refractivity contribution in [1.29, 1.82) is 0 Å². The number of aromatic nitrogens is 1. The average molecular weight is 363 g/mol. The van der Waals surface area contributed by atoms with E-state index >= 15 is 0 Å². The Labute approximate surface area is 152 Å². The van der Waals surface area contributed by atoms with Crippen molar-refractivity contribution in [3.63, 3.8) is 0 Å². The van der Waals surface area contributed by atoms with Gasteiger partial charge in [0.1, 0.15) is 17.9 Å². The minimum atomic E-state index is 0.355. The minimum absolute atomic E-state index is 0.355. The molecule has 0 atom stereocenters. The number of hydrogen-bond acceptors (Lipinski definition) is 3. The van der Waals surface area contributed by atoms with Crippen molar-refractivity contribution in [3.05, 3.63) is 69.8 Å². The molecule has 0 radical (unpaired) electrons. The van der Waals surface area contributed by atoms with Crippen LogP contribution in [0.3, 0.4) is 0 Å². The quantitative estimate of drug-likeness (QED) is 0.678. The van der Waals surface area contributed by atoms with E-state index in [-0.39, 0.29) is 0 Å². The van der Waals surface area contributed by atoms with Crippen LogP contribution < -0.4 is 10.5 Å². The summed E-state index contributed by atoms with van der Waals surface area (Å²) in [5, 5.41) is 2.11. The molecule has 2 aromatic carbocycles. The lowest BCUT2D eigenvalue weighted by atomic mass is 10.2. The molecule has 0 bridgehead atoms. The Hall–Kier alpha value is -1.81. The van der Waals surface area contributed by atoms with Gasteiger partial charge >= 0.3 is 0 Å². The van der Waals surface area contributed by atoms with Gasteiger partial charge in [-0.05, 0) is 31.7 Å². The Morgan fingerprint density at radius 3 is 2.50 bits per heavy atom. The molecule has 0 fully saturated rings. The van der Waals surface area contributed by atoms with Gasteiger partial charge in [-0.25, -0.2) is 4.98 Å². The Morgan fingerprint density at radius 2 is 1.75 bits per heavy atom. The topological polar surface area (TPSA) is 48.1 Å². The van der Waals surface area contributed by atoms with E-state index in [9.17, 15) is 0 Å². The van der Waals surface area contributed by atoms with Crippen LogP contribution in [0.5, 0.6) is 5.75 Å². The number of para-hydroxylation sites is 1. The van der Waals surface area contributed by atoms with Crippen molar-refractivity contribution in [2.24, 2.45) is 5.73 Å². The normalized spacial score (nSPS) is 10.2. The second-order valence-corrected chi connectivity index (χ2v) is 5.98. The van der Waals surface area contributed by atoms with Crippen molar-refractivity contribution in [2.45, 2.75) is 20.5 Å². The summed E-state index contributed by atoms with van der Waals surface area (Å²) in [7, 11) is 0. The molecule has 5 heteroatoms. The second-order valence-electron chi connectivity index (χ2n) is 5.19. The van der Waals surface area contributed by atoms with Gasteiger partial charge in [-0.3, -0.25) is 0 Å². The SMILES string of the molecule is CCN.Cc1ccc2cccc(OCc3cccc(Cl)c3Cl)c2n1. The van der Waals surface area contributed by atoms with E-state index < -0.39 is 0 Å². The van der Waals surface area contributed by atoms with Gasteiger partial charge in [0.15, 0.2) is 0 Å². The summed E-state index contributed by atoms with van der Waals surface area (Å²) in [5.41, 5.74) is 7.52. The highest BCUT2D eigenvalue weighted by molar-refractivity contribution is 6.42. The van der Waals surface area contributed by atoms with Gasteiger partial charge in [-0.1, -0.05) is 60.5 Å². The van der Waals surface area contributed by atoms with Gasteiger partial charge in [0.2, 0.25) is 0 Å². The molecular weight excluding hydrogens is 343 g/mol. The number of halogens is 2. The molecule has 0 saturated carbocycles. The first-order chi connectivity index (χ1) is 11.6. The molecule has 0 spiro atoms. The largest absolute Gasteiger partial charge is 0.487 e. The molecule has 0 amide bonds. The molecule has 0 aliphatic heterocycles. The van der Waals surface area contributed by atoms with E-state index in [4.69, 9.17) is 33.7 Å². The Balaban J connectivity index is 0.000000647. The van der Waals surface area contributed by atoms with E-state index in [0.717, 1.165) is 34.5 Å². The van der Waals surface area contributed by atoms with Gasteiger partial charge in [-0.2, -0.15) is 0 Å². The molecule has 1 aromatic heterocycles. The fourth-order valence-corrected chi connectivity index (χ4v) is 2.52. The van der Waals surface area contributed by atoms with Crippen molar-refractivity contribution in [2.75, 3.05) is 6.54 Å². The van der Waals surface area contributed by atoms with Crippen LogP contribution in [0.15, 0.2) is 48.5 Å². The standard InChI is InChI=1S/C17H13Cl2NO.C2H7N/c1-11-8-9-12-4-3-7-15(17(12)20-11)21-10-13-5-2-6-14(18)16(13)19;1-2-3/h2-9H,10H2,1H3;2-3H2,1H3. The first-order valence-electron chi connectivity index (χ1n) is 7.69. The predicted octanol–water partition coefficient (Wildman–Crippen LogP) is 5.39. The van der Waals surface area contributed by atoms with Crippen LogP contribution in [-0.2, 0) is 6.61 Å². The third-order valence-electron chi connectivity index (χ3n) is 3.24. The van der Waals surface area contributed by atoms with Gasteiger partial charge in [0.05, 0.1) is 10.0 Å². The van der Waals surface area contributed by atoms with Gasteiger partial charge in [-0.15, -0.1) is 0 Å². The summed E-state index contributed by atoms with van der Waals surface area (Å²) in [5.74, 6) is 0.743. The van der Waals surface area contributed by atoms with E-state index in [2.05, 4.69) is 4.98 Å². The van der Waals surface area contributed by atoms with Gasteiger partial charge < -0.3 is 10.5 Å². The first-order valence-corrected chi connectivity index (χ1v) is 8.44. The number of nitrogens with zero attached hydrogens (tertiary/aromatic N) is 1. The van der Waals surface area contributed by atoms with Crippen LogP contribution in [0.1, 0.15) is 18.2 Å². The molecule has 0 aliphatic rings. The van der Waals surface area contributed by atoms with Crippen LogP contribution in [0.4, 0.5) is 0 Å². The first kappa shape index (κ1) is 18.5. The zero-order valence-electron chi connectivity index (χ0n) is 13.7. The maximum atomic E-state index is 6.18. The zero-order valence-corrected chi connectivity index (χ0v) is 15.2. The van der Waals surface area contributed by atoms with E-state index in [1.54, 1.807) is 6.07 Å². The van der Waals surface area contributed by atoms with Crippen LogP contribution in [0, 0.1) is 6.92 Å². The lowest BCUT2D eigenvalue weighted by Gasteiger charge is -2.10. The molecule has 0 saturated heterocycles. The van der Waals surface area contributed by atoms with Gasteiger partial charge in [0.25, 0.3) is 0 Å². The van der Waals surface area contributed by atoms with Crippen LogP contribution in [0.25, 0.3) is 10.9 Å². The molecule has 3 aromatic rings. The number of benzene rings is 2. The van der Waals surface area contributed by atoms with Crippen LogP contribution in [0.2, 0.25) is 10.0 Å². The Morgan fingerprint density at radius 1 is 1.04 bits per heavy atom. The summed E-state index contributed by atoms with van der Waals surface area (Å²) < 4.78 is 5.89. The lowest BCUT2D eigenvalue weighted by molar-refractivity contribution is 0.309. The maximum Gasteiger partial charge on any atom is 0.146 e. The molecule has 24 heavy (non-hydrogen) atoms. The minimum Gasteiger partial charge on any atom is -0.487 e. The number of ether oxygens (including phenoxy) is 1. The zero-order chi connectivity index (χ0) is 17.5. The van der Waals surface area contributed by atoms with Gasteiger partial charge in [0, 0.05) is 16.6 Å². The summed E-state index contributed by atoms with van der Waals surface area (Å²) in [4.78, 5) is 4.54. The predicted molar refractivity (Wildman–Crippen MR) is 102 cm³/mol. The fourth-order valence-electron chi connectivity index (χ4n) is 2.15. The number of nitrogens with two attached hydrogens (primary N) is 1. The maximum absolute atomic E-state index is 6.18. The third kappa shape index (κ3) is 4.60. The fraction of sp³-hybridized carbons (Fsp3) is 0.211. The van der Waals surface area contributed by atoms with E-state index in [1.807, 2.05) is 56.3 Å². The Bertz CT molecular complexity index is 822. The van der Waals surface area contributed by atoms with Crippen molar-refractivity contribution in [1.82, 2.24) is 4.98 Å². The molecule has 0 unspecified atom stereocenters. The molecule has 2 N–H and O–H groups in total. The smallest absolute Gasteiger partial charge is 0.146 e. The van der Waals surface area contributed by atoms with E-state index in [1.165, 1.54) is 0 Å². The summed E-state index contributed by atoms with van der Waals surface area (Å²) in [6.07, 6.45) is 0. The second kappa shape index (κ2) is 8.88. The summed E-state index contributed by atoms with van der Waals surface area (Å²) in [6.45, 7) is 4.97. The number of hydrogen-bond donors (Lipinski definition) is 1. The van der Waals surface area contributed by atoms with Crippen LogP contribution >= 0.6 is 23.2 Å². The van der Waals surface area contributed by atoms with Crippen molar-refractivity contribution < 1.29 is 4.74 Å².